The van der Waals surface area contributed by atoms with Crippen molar-refractivity contribution in [1.82, 2.24) is 4.98 Å². The average Bonchev–Trinajstić information content (AvgIpc) is 2.42. The number of hydrogen-bond acceptors (Lipinski definition) is 3. The van der Waals surface area contributed by atoms with Gasteiger partial charge in [-0.1, -0.05) is 6.07 Å². The molecule has 0 bridgehead atoms. The molecule has 4 heteroatoms. The molecule has 0 saturated carbocycles. The number of nitrogens with two attached hydrogens (primary N) is 1. The monoisotopic (exact) mass is 255 g/mol. The van der Waals surface area contributed by atoms with Gasteiger partial charge in [-0.3, -0.25) is 9.78 Å². The van der Waals surface area contributed by atoms with Crippen LogP contribution in [0.5, 0.6) is 0 Å². The summed E-state index contributed by atoms with van der Waals surface area (Å²) in [5, 5.41) is 0. The third-order valence-corrected chi connectivity index (χ3v) is 2.90. The third-order valence-electron chi connectivity index (χ3n) is 2.90. The predicted octanol–water partition coefficient (Wildman–Crippen LogP) is 2.26. The van der Waals surface area contributed by atoms with E-state index in [4.69, 9.17) is 5.73 Å². The maximum Gasteiger partial charge on any atom is 0.223 e. The van der Waals surface area contributed by atoms with Crippen LogP contribution < -0.4 is 10.6 Å². The molecule has 0 atom stereocenters. The molecular weight excluding hydrogens is 238 g/mol. The molecule has 0 aliphatic heterocycles. The van der Waals surface area contributed by atoms with Gasteiger partial charge < -0.3 is 10.6 Å². The smallest absolute Gasteiger partial charge is 0.223 e. The molecule has 98 valence electrons. The lowest BCUT2D eigenvalue weighted by Gasteiger charge is -2.21. The lowest BCUT2D eigenvalue weighted by molar-refractivity contribution is -0.116. The van der Waals surface area contributed by atoms with Crippen LogP contribution >= 0.6 is 0 Å². The standard InChI is InChI=1S/C15H17N3O/c1-12(19)18(15-7-5-13(16)6-8-15)11-9-14-4-2-3-10-17-14/h2-8,10H,9,11,16H2,1H3. The molecule has 0 aliphatic carbocycles. The van der Waals surface area contributed by atoms with Gasteiger partial charge in [0.05, 0.1) is 0 Å². The van der Waals surface area contributed by atoms with E-state index in [0.717, 1.165) is 17.8 Å². The summed E-state index contributed by atoms with van der Waals surface area (Å²) in [6, 6.07) is 13.1. The Morgan fingerprint density at radius 3 is 2.53 bits per heavy atom. The number of rotatable bonds is 4. The van der Waals surface area contributed by atoms with Crippen LogP contribution in [0, 0.1) is 0 Å². The lowest BCUT2D eigenvalue weighted by atomic mass is 10.2. The molecule has 2 aromatic rings. The van der Waals surface area contributed by atoms with Gasteiger partial charge in [-0.25, -0.2) is 0 Å². The van der Waals surface area contributed by atoms with Crippen molar-refractivity contribution in [3.8, 4) is 0 Å². The van der Waals surface area contributed by atoms with Gasteiger partial charge >= 0.3 is 0 Å². The Morgan fingerprint density at radius 1 is 1.21 bits per heavy atom. The SMILES string of the molecule is CC(=O)N(CCc1ccccn1)c1ccc(N)cc1. The van der Waals surface area contributed by atoms with E-state index >= 15 is 0 Å². The number of amides is 1. The number of anilines is 2. The minimum absolute atomic E-state index is 0.0145. The summed E-state index contributed by atoms with van der Waals surface area (Å²) in [6.07, 6.45) is 2.49. The van der Waals surface area contributed by atoms with E-state index in [2.05, 4.69) is 4.98 Å². The highest BCUT2D eigenvalue weighted by atomic mass is 16.2. The quantitative estimate of drug-likeness (QED) is 0.852. The second kappa shape index (κ2) is 6.00. The van der Waals surface area contributed by atoms with Crippen LogP contribution in [0.2, 0.25) is 0 Å². The normalized spacial score (nSPS) is 10.2. The van der Waals surface area contributed by atoms with E-state index in [0.29, 0.717) is 12.2 Å². The molecule has 1 aromatic carbocycles. The largest absolute Gasteiger partial charge is 0.399 e. The number of benzene rings is 1. The summed E-state index contributed by atoms with van der Waals surface area (Å²) < 4.78 is 0. The third kappa shape index (κ3) is 3.55. The van der Waals surface area contributed by atoms with Crippen LogP contribution in [0.25, 0.3) is 0 Å². The number of aromatic nitrogens is 1. The summed E-state index contributed by atoms with van der Waals surface area (Å²) in [7, 11) is 0. The van der Waals surface area contributed by atoms with Gasteiger partial charge in [0.15, 0.2) is 0 Å². The number of nitrogens with zero attached hydrogens (tertiary/aromatic N) is 2. The van der Waals surface area contributed by atoms with Gasteiger partial charge in [0.25, 0.3) is 0 Å². The molecule has 0 aliphatic rings. The molecule has 0 fully saturated rings. The topological polar surface area (TPSA) is 59.2 Å². The maximum absolute atomic E-state index is 11.7. The van der Waals surface area contributed by atoms with E-state index in [1.54, 1.807) is 30.2 Å². The van der Waals surface area contributed by atoms with Crippen molar-refractivity contribution < 1.29 is 4.79 Å². The molecule has 0 saturated heterocycles. The van der Waals surface area contributed by atoms with E-state index in [1.807, 2.05) is 30.3 Å². The first kappa shape index (κ1) is 13.1. The lowest BCUT2D eigenvalue weighted by Crippen LogP contribution is -2.30. The van der Waals surface area contributed by atoms with Crippen LogP contribution in [0.1, 0.15) is 12.6 Å². The van der Waals surface area contributed by atoms with Crippen LogP contribution in [0.15, 0.2) is 48.7 Å². The molecular formula is C15H17N3O. The van der Waals surface area contributed by atoms with Crippen molar-refractivity contribution in [1.29, 1.82) is 0 Å². The molecule has 0 radical (unpaired) electrons. The summed E-state index contributed by atoms with van der Waals surface area (Å²) >= 11 is 0. The zero-order chi connectivity index (χ0) is 13.7. The van der Waals surface area contributed by atoms with Crippen molar-refractivity contribution >= 4 is 17.3 Å². The highest BCUT2D eigenvalue weighted by Gasteiger charge is 2.11. The maximum atomic E-state index is 11.7. The molecule has 19 heavy (non-hydrogen) atoms. The summed E-state index contributed by atoms with van der Waals surface area (Å²) in [6.45, 7) is 2.17. The first-order valence-electron chi connectivity index (χ1n) is 6.20. The van der Waals surface area contributed by atoms with Gasteiger partial charge in [-0.05, 0) is 36.4 Å². The fourth-order valence-corrected chi connectivity index (χ4v) is 1.89. The zero-order valence-corrected chi connectivity index (χ0v) is 10.9. The first-order valence-corrected chi connectivity index (χ1v) is 6.20. The molecule has 1 heterocycles. The second-order valence-electron chi connectivity index (χ2n) is 4.33. The Kier molecular flexibility index (Phi) is 4.13. The Balaban J connectivity index is 2.09. The molecule has 1 amide bonds. The number of nitrogen functional groups attached to an aromatic ring is 1. The van der Waals surface area contributed by atoms with Gasteiger partial charge in [0.1, 0.15) is 0 Å². The van der Waals surface area contributed by atoms with Gasteiger partial charge in [-0.2, -0.15) is 0 Å². The summed E-state index contributed by atoms with van der Waals surface area (Å²) in [5.74, 6) is 0.0145. The summed E-state index contributed by atoms with van der Waals surface area (Å²) in [4.78, 5) is 17.7. The van der Waals surface area contributed by atoms with Crippen molar-refractivity contribution in [3.63, 3.8) is 0 Å². The van der Waals surface area contributed by atoms with Crippen LogP contribution in [0.4, 0.5) is 11.4 Å². The van der Waals surface area contributed by atoms with Gasteiger partial charge in [-0.15, -0.1) is 0 Å². The Bertz CT molecular complexity index is 537. The van der Waals surface area contributed by atoms with Crippen molar-refractivity contribution in [2.24, 2.45) is 0 Å². The highest BCUT2D eigenvalue weighted by Crippen LogP contribution is 2.17. The number of pyridine rings is 1. The molecule has 0 spiro atoms. The van der Waals surface area contributed by atoms with Crippen molar-refractivity contribution in [2.45, 2.75) is 13.3 Å². The Morgan fingerprint density at radius 2 is 1.95 bits per heavy atom. The molecule has 4 nitrogen and oxygen atoms in total. The molecule has 2 rings (SSSR count). The zero-order valence-electron chi connectivity index (χ0n) is 10.9. The minimum Gasteiger partial charge on any atom is -0.399 e. The van der Waals surface area contributed by atoms with E-state index in [-0.39, 0.29) is 5.91 Å². The van der Waals surface area contributed by atoms with Crippen molar-refractivity contribution in [3.05, 3.63) is 54.4 Å². The fourth-order valence-electron chi connectivity index (χ4n) is 1.89. The van der Waals surface area contributed by atoms with E-state index in [1.165, 1.54) is 0 Å². The van der Waals surface area contributed by atoms with Crippen LogP contribution in [-0.4, -0.2) is 17.4 Å². The summed E-state index contributed by atoms with van der Waals surface area (Å²) in [5.41, 5.74) is 8.18. The predicted molar refractivity (Wildman–Crippen MR) is 76.8 cm³/mol. The number of carbonyl (C=O) groups is 1. The van der Waals surface area contributed by atoms with Gasteiger partial charge in [0, 0.05) is 43.2 Å². The van der Waals surface area contributed by atoms with Crippen LogP contribution in [-0.2, 0) is 11.2 Å². The Labute approximate surface area is 112 Å². The number of hydrogen-bond donors (Lipinski definition) is 1. The molecule has 1 aromatic heterocycles. The fraction of sp³-hybridized carbons (Fsp3) is 0.200. The van der Waals surface area contributed by atoms with E-state index < -0.39 is 0 Å². The van der Waals surface area contributed by atoms with Gasteiger partial charge in [0.2, 0.25) is 5.91 Å². The average molecular weight is 255 g/mol. The first-order chi connectivity index (χ1) is 9.16. The molecule has 0 unspecified atom stereocenters. The van der Waals surface area contributed by atoms with E-state index in [9.17, 15) is 4.79 Å². The van der Waals surface area contributed by atoms with Crippen molar-refractivity contribution in [2.75, 3.05) is 17.2 Å². The Hall–Kier alpha value is -2.36. The second-order valence-corrected chi connectivity index (χ2v) is 4.33. The molecule has 2 N–H and O–H groups in total. The highest BCUT2D eigenvalue weighted by molar-refractivity contribution is 5.91. The number of carbonyl (C=O) groups excluding carboxylic acids is 1. The minimum atomic E-state index is 0.0145. The van der Waals surface area contributed by atoms with Crippen LogP contribution in [0.3, 0.4) is 0 Å².